The highest BCUT2D eigenvalue weighted by atomic mass is 16.5. The molecule has 4 nitrogen and oxygen atoms in total. The van der Waals surface area contributed by atoms with E-state index in [1.807, 2.05) is 6.26 Å². The summed E-state index contributed by atoms with van der Waals surface area (Å²) in [6.45, 7) is 7.88. The molecule has 0 saturated heterocycles. The molecule has 0 unspecified atom stereocenters. The lowest BCUT2D eigenvalue weighted by Gasteiger charge is -2.24. The molecule has 108 valence electrons. The SMILES string of the molecule is COCCN(Cc1cc(CNC2CC2)co1)C(C)C. The van der Waals surface area contributed by atoms with Gasteiger partial charge >= 0.3 is 0 Å². The number of hydrogen-bond acceptors (Lipinski definition) is 4. The van der Waals surface area contributed by atoms with Gasteiger partial charge in [-0.15, -0.1) is 0 Å². The fourth-order valence-electron chi connectivity index (χ4n) is 2.08. The van der Waals surface area contributed by atoms with E-state index in [1.54, 1.807) is 7.11 Å². The van der Waals surface area contributed by atoms with E-state index in [0.717, 1.165) is 38.0 Å². The molecule has 0 spiro atoms. The Bertz CT molecular complexity index is 372. The van der Waals surface area contributed by atoms with Crippen LogP contribution < -0.4 is 5.32 Å². The maximum absolute atomic E-state index is 5.66. The Balaban J connectivity index is 1.81. The van der Waals surface area contributed by atoms with Gasteiger partial charge in [0.05, 0.1) is 19.4 Å². The van der Waals surface area contributed by atoms with Crippen molar-refractivity contribution in [3.63, 3.8) is 0 Å². The van der Waals surface area contributed by atoms with Gasteiger partial charge in [-0.1, -0.05) is 0 Å². The summed E-state index contributed by atoms with van der Waals surface area (Å²) >= 11 is 0. The van der Waals surface area contributed by atoms with Gasteiger partial charge in [0.1, 0.15) is 5.76 Å². The van der Waals surface area contributed by atoms with Crippen molar-refractivity contribution < 1.29 is 9.15 Å². The van der Waals surface area contributed by atoms with E-state index in [2.05, 4.69) is 30.1 Å². The number of nitrogens with zero attached hydrogens (tertiary/aromatic N) is 1. The summed E-state index contributed by atoms with van der Waals surface area (Å²) in [6.07, 6.45) is 4.52. The van der Waals surface area contributed by atoms with Crippen LogP contribution in [-0.4, -0.2) is 37.2 Å². The summed E-state index contributed by atoms with van der Waals surface area (Å²) < 4.78 is 10.8. The largest absolute Gasteiger partial charge is 0.468 e. The monoisotopic (exact) mass is 266 g/mol. The number of rotatable bonds is 9. The normalized spacial score (nSPS) is 15.6. The molecule has 0 radical (unpaired) electrons. The third-order valence-electron chi connectivity index (χ3n) is 3.55. The highest BCUT2D eigenvalue weighted by Crippen LogP contribution is 2.20. The van der Waals surface area contributed by atoms with Crippen molar-refractivity contribution in [1.29, 1.82) is 0 Å². The lowest BCUT2D eigenvalue weighted by molar-refractivity contribution is 0.119. The summed E-state index contributed by atoms with van der Waals surface area (Å²) in [5.41, 5.74) is 1.25. The van der Waals surface area contributed by atoms with Gasteiger partial charge in [-0.25, -0.2) is 0 Å². The first kappa shape index (κ1) is 14.6. The van der Waals surface area contributed by atoms with Crippen LogP contribution in [0.15, 0.2) is 16.7 Å². The predicted molar refractivity (Wildman–Crippen MR) is 76.0 cm³/mol. The number of furan rings is 1. The average molecular weight is 266 g/mol. The van der Waals surface area contributed by atoms with Crippen molar-refractivity contribution in [2.45, 2.75) is 51.9 Å². The van der Waals surface area contributed by atoms with Gasteiger partial charge in [-0.05, 0) is 32.8 Å². The van der Waals surface area contributed by atoms with Crippen molar-refractivity contribution in [1.82, 2.24) is 10.2 Å². The van der Waals surface area contributed by atoms with E-state index in [1.165, 1.54) is 18.4 Å². The Labute approximate surface area is 116 Å². The standard InChI is InChI=1S/C15H26N2O2/c1-12(2)17(6-7-18-3)10-15-8-13(11-19-15)9-16-14-4-5-14/h8,11-12,14,16H,4-7,9-10H2,1-3H3. The van der Waals surface area contributed by atoms with Gasteiger partial charge in [0, 0.05) is 37.8 Å². The van der Waals surface area contributed by atoms with Crippen LogP contribution in [0.5, 0.6) is 0 Å². The number of hydrogen-bond donors (Lipinski definition) is 1. The molecule has 0 aromatic carbocycles. The summed E-state index contributed by atoms with van der Waals surface area (Å²) in [7, 11) is 1.74. The second-order valence-corrected chi connectivity index (χ2v) is 5.63. The fourth-order valence-corrected chi connectivity index (χ4v) is 2.08. The molecule has 4 heteroatoms. The molecule has 2 rings (SSSR count). The summed E-state index contributed by atoms with van der Waals surface area (Å²) in [4.78, 5) is 2.36. The van der Waals surface area contributed by atoms with E-state index in [-0.39, 0.29) is 0 Å². The molecule has 1 N–H and O–H groups in total. The number of ether oxygens (including phenoxy) is 1. The minimum Gasteiger partial charge on any atom is -0.468 e. The van der Waals surface area contributed by atoms with Crippen molar-refractivity contribution in [3.05, 3.63) is 23.7 Å². The summed E-state index contributed by atoms with van der Waals surface area (Å²) in [5.74, 6) is 1.04. The molecule has 19 heavy (non-hydrogen) atoms. The Kier molecular flexibility index (Phi) is 5.43. The molecule has 0 aliphatic heterocycles. The molecule has 1 heterocycles. The molecule has 1 aliphatic rings. The topological polar surface area (TPSA) is 37.6 Å². The zero-order valence-electron chi connectivity index (χ0n) is 12.3. The highest BCUT2D eigenvalue weighted by Gasteiger charge is 2.20. The third kappa shape index (κ3) is 4.97. The maximum Gasteiger partial charge on any atom is 0.118 e. The molecule has 0 bridgehead atoms. The Morgan fingerprint density at radius 1 is 1.47 bits per heavy atom. The molecule has 1 fully saturated rings. The first-order chi connectivity index (χ1) is 9.19. The molecule has 1 aliphatic carbocycles. The summed E-state index contributed by atoms with van der Waals surface area (Å²) in [6, 6.07) is 3.40. The van der Waals surface area contributed by atoms with Crippen molar-refractivity contribution in [3.8, 4) is 0 Å². The van der Waals surface area contributed by atoms with Crippen molar-refractivity contribution >= 4 is 0 Å². The average Bonchev–Trinajstić information content (AvgIpc) is 3.11. The lowest BCUT2D eigenvalue weighted by atomic mass is 10.2. The van der Waals surface area contributed by atoms with Gasteiger partial charge in [0.25, 0.3) is 0 Å². The van der Waals surface area contributed by atoms with Crippen LogP contribution in [0.4, 0.5) is 0 Å². The lowest BCUT2D eigenvalue weighted by Crippen LogP contribution is -2.33. The number of nitrogens with one attached hydrogen (secondary N) is 1. The molecule has 0 amide bonds. The molecular formula is C15H26N2O2. The molecule has 1 aromatic rings. The van der Waals surface area contributed by atoms with Crippen LogP contribution >= 0.6 is 0 Å². The Morgan fingerprint density at radius 3 is 2.89 bits per heavy atom. The minimum atomic E-state index is 0.494. The highest BCUT2D eigenvalue weighted by molar-refractivity contribution is 5.13. The maximum atomic E-state index is 5.66. The van der Waals surface area contributed by atoms with Crippen LogP contribution in [0.1, 0.15) is 38.0 Å². The molecule has 0 atom stereocenters. The van der Waals surface area contributed by atoms with E-state index in [9.17, 15) is 0 Å². The summed E-state index contributed by atoms with van der Waals surface area (Å²) in [5, 5.41) is 3.50. The predicted octanol–water partition coefficient (Wildman–Crippen LogP) is 2.39. The second-order valence-electron chi connectivity index (χ2n) is 5.63. The first-order valence-electron chi connectivity index (χ1n) is 7.21. The van der Waals surface area contributed by atoms with E-state index < -0.39 is 0 Å². The smallest absolute Gasteiger partial charge is 0.118 e. The fraction of sp³-hybridized carbons (Fsp3) is 0.733. The Hall–Kier alpha value is -0.840. The quantitative estimate of drug-likeness (QED) is 0.745. The minimum absolute atomic E-state index is 0.494. The first-order valence-corrected chi connectivity index (χ1v) is 7.21. The third-order valence-corrected chi connectivity index (χ3v) is 3.55. The zero-order chi connectivity index (χ0) is 13.7. The van der Waals surface area contributed by atoms with Crippen molar-refractivity contribution in [2.75, 3.05) is 20.3 Å². The molecular weight excluding hydrogens is 240 g/mol. The van der Waals surface area contributed by atoms with Gasteiger partial charge < -0.3 is 14.5 Å². The Morgan fingerprint density at radius 2 is 2.26 bits per heavy atom. The van der Waals surface area contributed by atoms with Crippen LogP contribution in [-0.2, 0) is 17.8 Å². The van der Waals surface area contributed by atoms with Crippen LogP contribution in [0.2, 0.25) is 0 Å². The van der Waals surface area contributed by atoms with Crippen LogP contribution in [0, 0.1) is 0 Å². The van der Waals surface area contributed by atoms with Crippen LogP contribution in [0.25, 0.3) is 0 Å². The van der Waals surface area contributed by atoms with Crippen molar-refractivity contribution in [2.24, 2.45) is 0 Å². The molecule has 1 aromatic heterocycles. The number of methoxy groups -OCH3 is 1. The van der Waals surface area contributed by atoms with Gasteiger partial charge in [0.2, 0.25) is 0 Å². The van der Waals surface area contributed by atoms with E-state index in [0.29, 0.717) is 6.04 Å². The second kappa shape index (κ2) is 7.08. The molecule has 1 saturated carbocycles. The zero-order valence-corrected chi connectivity index (χ0v) is 12.3. The van der Waals surface area contributed by atoms with E-state index >= 15 is 0 Å². The van der Waals surface area contributed by atoms with Crippen LogP contribution in [0.3, 0.4) is 0 Å². The van der Waals surface area contributed by atoms with E-state index in [4.69, 9.17) is 9.15 Å². The van der Waals surface area contributed by atoms with Gasteiger partial charge in [-0.3, -0.25) is 4.90 Å². The van der Waals surface area contributed by atoms with Gasteiger partial charge in [-0.2, -0.15) is 0 Å². The van der Waals surface area contributed by atoms with Gasteiger partial charge in [0.15, 0.2) is 0 Å².